The molecule has 3 aromatic carbocycles. The lowest BCUT2D eigenvalue weighted by molar-refractivity contribution is 0.634. The molecule has 0 radical (unpaired) electrons. The van der Waals surface area contributed by atoms with Crippen LogP contribution in [0.1, 0.15) is 11.1 Å². The van der Waals surface area contributed by atoms with E-state index in [1.807, 2.05) is 54.6 Å². The molecule has 0 amide bonds. The number of aromatic nitrogens is 2. The molecule has 0 bridgehead atoms. The number of hydrogen-bond acceptors (Lipinski definition) is 2. The van der Waals surface area contributed by atoms with Crippen molar-refractivity contribution in [2.45, 2.75) is 13.1 Å². The molecule has 29 heavy (non-hydrogen) atoms. The highest BCUT2D eigenvalue weighted by molar-refractivity contribution is 9.10. The zero-order chi connectivity index (χ0) is 20.5. The third-order valence-corrected chi connectivity index (χ3v) is 6.01. The molecule has 4 nitrogen and oxygen atoms in total. The van der Waals surface area contributed by atoms with E-state index in [0.29, 0.717) is 17.1 Å². The summed E-state index contributed by atoms with van der Waals surface area (Å²) in [5.41, 5.74) is 1.32. The summed E-state index contributed by atoms with van der Waals surface area (Å²) in [5, 5.41) is 0.866. The summed E-state index contributed by atoms with van der Waals surface area (Å²) < 4.78 is 3.58. The number of nitrogens with zero attached hydrogens (tertiary/aromatic N) is 2. The van der Waals surface area contributed by atoms with Gasteiger partial charge in [0.25, 0.3) is 5.56 Å². The van der Waals surface area contributed by atoms with Gasteiger partial charge < -0.3 is 0 Å². The number of fused-ring (bicyclic) bond motifs is 1. The van der Waals surface area contributed by atoms with Gasteiger partial charge in [0.1, 0.15) is 0 Å². The van der Waals surface area contributed by atoms with Gasteiger partial charge in [-0.15, -0.1) is 0 Å². The average Bonchev–Trinajstić information content (AvgIpc) is 2.70. The number of hydrogen-bond donors (Lipinski definition) is 0. The van der Waals surface area contributed by atoms with Crippen molar-refractivity contribution < 1.29 is 0 Å². The maximum Gasteiger partial charge on any atom is 0.332 e. The third-order valence-electron chi connectivity index (χ3n) is 4.72. The highest BCUT2D eigenvalue weighted by Crippen LogP contribution is 2.25. The number of rotatable bonds is 4. The summed E-state index contributed by atoms with van der Waals surface area (Å²) in [5.74, 6) is 0. The molecule has 0 atom stereocenters. The van der Waals surface area contributed by atoms with Crippen molar-refractivity contribution in [3.05, 3.63) is 113 Å². The molecular formula is C22H15BrCl2N2O2. The van der Waals surface area contributed by atoms with Crippen LogP contribution in [0.5, 0.6) is 0 Å². The van der Waals surface area contributed by atoms with E-state index in [-0.39, 0.29) is 17.0 Å². The SMILES string of the molecule is O=c1c2c(Cl)cc(Cl)cc2n(Cc2ccccc2)c(=O)n1Cc1ccccc1Br. The van der Waals surface area contributed by atoms with Crippen LogP contribution in [0.15, 0.2) is 80.8 Å². The van der Waals surface area contributed by atoms with Gasteiger partial charge in [0.05, 0.1) is 29.0 Å². The molecule has 0 spiro atoms. The Bertz CT molecular complexity index is 1330. The Morgan fingerprint density at radius 3 is 2.24 bits per heavy atom. The summed E-state index contributed by atoms with van der Waals surface area (Å²) in [4.78, 5) is 26.6. The maximum absolute atomic E-state index is 13.4. The molecule has 0 aliphatic carbocycles. The molecule has 0 saturated heterocycles. The molecule has 0 saturated carbocycles. The van der Waals surface area contributed by atoms with Gasteiger partial charge in [-0.1, -0.05) is 87.7 Å². The van der Waals surface area contributed by atoms with Gasteiger partial charge in [-0.3, -0.25) is 13.9 Å². The van der Waals surface area contributed by atoms with E-state index in [4.69, 9.17) is 23.2 Å². The van der Waals surface area contributed by atoms with E-state index >= 15 is 0 Å². The van der Waals surface area contributed by atoms with Crippen molar-refractivity contribution in [1.29, 1.82) is 0 Å². The highest BCUT2D eigenvalue weighted by Gasteiger charge is 2.17. The van der Waals surface area contributed by atoms with Crippen LogP contribution in [0.4, 0.5) is 0 Å². The van der Waals surface area contributed by atoms with E-state index in [9.17, 15) is 9.59 Å². The molecule has 0 aliphatic rings. The molecule has 0 aliphatic heterocycles. The first-order valence-corrected chi connectivity index (χ1v) is 10.4. The monoisotopic (exact) mass is 488 g/mol. The van der Waals surface area contributed by atoms with Crippen LogP contribution in [0.2, 0.25) is 10.0 Å². The lowest BCUT2D eigenvalue weighted by Gasteiger charge is -2.16. The first kappa shape index (κ1) is 20.0. The van der Waals surface area contributed by atoms with Gasteiger partial charge in [0, 0.05) is 9.50 Å². The lowest BCUT2D eigenvalue weighted by atomic mass is 10.2. The summed E-state index contributed by atoms with van der Waals surface area (Å²) in [7, 11) is 0. The predicted octanol–water partition coefficient (Wildman–Crippen LogP) is 5.33. The standard InChI is InChI=1S/C22H15BrCl2N2O2/c23-17-9-5-4-8-15(17)13-27-21(28)20-18(25)10-16(24)11-19(20)26(22(27)29)12-14-6-2-1-3-7-14/h1-11H,12-13H2. The van der Waals surface area contributed by atoms with Gasteiger partial charge in [-0.05, 0) is 29.3 Å². The minimum atomic E-state index is -0.438. The normalized spacial score (nSPS) is 11.1. The second kappa shape index (κ2) is 8.19. The first-order valence-electron chi connectivity index (χ1n) is 8.85. The number of benzene rings is 3. The van der Waals surface area contributed by atoms with Crippen LogP contribution in [0.25, 0.3) is 10.9 Å². The second-order valence-corrected chi connectivity index (χ2v) is 8.32. The van der Waals surface area contributed by atoms with Crippen LogP contribution >= 0.6 is 39.1 Å². The van der Waals surface area contributed by atoms with E-state index < -0.39 is 11.2 Å². The summed E-state index contributed by atoms with van der Waals surface area (Å²) in [6.07, 6.45) is 0. The van der Waals surface area contributed by atoms with Crippen LogP contribution in [0, 0.1) is 0 Å². The fourth-order valence-corrected chi connectivity index (χ4v) is 4.28. The van der Waals surface area contributed by atoms with Gasteiger partial charge in [0.2, 0.25) is 0 Å². The molecule has 0 fully saturated rings. The Morgan fingerprint density at radius 1 is 0.828 bits per heavy atom. The van der Waals surface area contributed by atoms with Gasteiger partial charge in [0.15, 0.2) is 0 Å². The minimum absolute atomic E-state index is 0.128. The third kappa shape index (κ3) is 3.90. The molecule has 0 unspecified atom stereocenters. The van der Waals surface area contributed by atoms with Crippen molar-refractivity contribution in [2.24, 2.45) is 0 Å². The Morgan fingerprint density at radius 2 is 1.52 bits per heavy atom. The molecule has 146 valence electrons. The first-order chi connectivity index (χ1) is 14.0. The van der Waals surface area contributed by atoms with Gasteiger partial charge in [-0.25, -0.2) is 4.79 Å². The zero-order valence-corrected chi connectivity index (χ0v) is 18.2. The van der Waals surface area contributed by atoms with Crippen molar-refractivity contribution in [3.8, 4) is 0 Å². The Hall–Kier alpha value is -2.34. The molecule has 7 heteroatoms. The van der Waals surface area contributed by atoms with Crippen LogP contribution in [-0.4, -0.2) is 9.13 Å². The molecule has 0 N–H and O–H groups in total. The van der Waals surface area contributed by atoms with E-state index in [0.717, 1.165) is 15.6 Å². The summed E-state index contributed by atoms with van der Waals surface area (Å²) in [6, 6.07) is 20.2. The average molecular weight is 490 g/mol. The zero-order valence-electron chi connectivity index (χ0n) is 15.1. The second-order valence-electron chi connectivity index (χ2n) is 6.62. The largest absolute Gasteiger partial charge is 0.332 e. The smallest absolute Gasteiger partial charge is 0.289 e. The Balaban J connectivity index is 2.01. The van der Waals surface area contributed by atoms with E-state index in [1.165, 1.54) is 10.6 Å². The Labute approximate surface area is 185 Å². The van der Waals surface area contributed by atoms with Crippen molar-refractivity contribution in [2.75, 3.05) is 0 Å². The Kier molecular flexibility index (Phi) is 5.63. The summed E-state index contributed by atoms with van der Waals surface area (Å²) in [6.45, 7) is 0.422. The fraction of sp³-hybridized carbons (Fsp3) is 0.0909. The van der Waals surface area contributed by atoms with Crippen molar-refractivity contribution in [3.63, 3.8) is 0 Å². The molecule has 4 rings (SSSR count). The minimum Gasteiger partial charge on any atom is -0.289 e. The summed E-state index contributed by atoms with van der Waals surface area (Å²) >= 11 is 16.0. The lowest BCUT2D eigenvalue weighted by Crippen LogP contribution is -2.40. The van der Waals surface area contributed by atoms with Crippen LogP contribution in [0.3, 0.4) is 0 Å². The van der Waals surface area contributed by atoms with Gasteiger partial charge >= 0.3 is 5.69 Å². The van der Waals surface area contributed by atoms with Crippen LogP contribution < -0.4 is 11.2 Å². The topological polar surface area (TPSA) is 44.0 Å². The molecular weight excluding hydrogens is 475 g/mol. The predicted molar refractivity (Wildman–Crippen MR) is 121 cm³/mol. The molecule has 1 aromatic heterocycles. The van der Waals surface area contributed by atoms with Crippen molar-refractivity contribution in [1.82, 2.24) is 9.13 Å². The fourth-order valence-electron chi connectivity index (χ4n) is 3.31. The van der Waals surface area contributed by atoms with E-state index in [2.05, 4.69) is 15.9 Å². The molecule has 1 heterocycles. The molecule has 4 aromatic rings. The quantitative estimate of drug-likeness (QED) is 0.389. The van der Waals surface area contributed by atoms with Gasteiger partial charge in [-0.2, -0.15) is 0 Å². The number of halogens is 3. The van der Waals surface area contributed by atoms with Crippen LogP contribution in [-0.2, 0) is 13.1 Å². The van der Waals surface area contributed by atoms with Crippen molar-refractivity contribution >= 4 is 50.0 Å². The maximum atomic E-state index is 13.4. The highest BCUT2D eigenvalue weighted by atomic mass is 79.9. The van der Waals surface area contributed by atoms with E-state index in [1.54, 1.807) is 10.6 Å².